The van der Waals surface area contributed by atoms with Crippen LogP contribution in [-0.2, 0) is 17.5 Å². The standard InChI is InChI=1S/C16H12F4O2/c17-14-7-6-12(8-13(14)16(18,19)20)15(21)10-22-9-11-4-2-1-3-5-11/h1-8H,9-10H2. The van der Waals surface area contributed by atoms with Gasteiger partial charge in [0.2, 0.25) is 0 Å². The van der Waals surface area contributed by atoms with Crippen LogP contribution in [0.3, 0.4) is 0 Å². The van der Waals surface area contributed by atoms with Crippen molar-refractivity contribution in [3.8, 4) is 0 Å². The van der Waals surface area contributed by atoms with Crippen LogP contribution in [0.15, 0.2) is 48.5 Å². The van der Waals surface area contributed by atoms with Crippen molar-refractivity contribution in [2.45, 2.75) is 12.8 Å². The molecule has 0 N–H and O–H groups in total. The maximum atomic E-state index is 13.1. The summed E-state index contributed by atoms with van der Waals surface area (Å²) >= 11 is 0. The summed E-state index contributed by atoms with van der Waals surface area (Å²) in [6, 6.07) is 11.2. The second kappa shape index (κ2) is 6.70. The molecular formula is C16H12F4O2. The summed E-state index contributed by atoms with van der Waals surface area (Å²) in [7, 11) is 0. The molecule has 116 valence electrons. The highest BCUT2D eigenvalue weighted by Crippen LogP contribution is 2.31. The van der Waals surface area contributed by atoms with Crippen LogP contribution in [0.2, 0.25) is 0 Å². The van der Waals surface area contributed by atoms with Gasteiger partial charge in [0.15, 0.2) is 5.78 Å². The molecule has 0 aromatic heterocycles. The Kier molecular flexibility index (Phi) is 4.92. The van der Waals surface area contributed by atoms with Gasteiger partial charge in [0.05, 0.1) is 12.2 Å². The lowest BCUT2D eigenvalue weighted by molar-refractivity contribution is -0.140. The second-order valence-electron chi connectivity index (χ2n) is 4.59. The van der Waals surface area contributed by atoms with Crippen LogP contribution < -0.4 is 0 Å². The van der Waals surface area contributed by atoms with Crippen molar-refractivity contribution in [3.05, 3.63) is 71.0 Å². The predicted octanol–water partition coefficient (Wildman–Crippen LogP) is 4.24. The first-order chi connectivity index (χ1) is 10.4. The molecule has 0 aliphatic carbocycles. The Morgan fingerprint density at radius 3 is 2.36 bits per heavy atom. The van der Waals surface area contributed by atoms with Crippen molar-refractivity contribution in [3.63, 3.8) is 0 Å². The minimum absolute atomic E-state index is 0.167. The Bertz CT molecular complexity index is 651. The molecule has 2 aromatic carbocycles. The Morgan fingerprint density at radius 2 is 1.73 bits per heavy atom. The highest BCUT2D eigenvalue weighted by molar-refractivity contribution is 5.97. The van der Waals surface area contributed by atoms with Crippen LogP contribution in [0, 0.1) is 5.82 Å². The van der Waals surface area contributed by atoms with Crippen molar-refractivity contribution in [2.24, 2.45) is 0 Å². The minimum Gasteiger partial charge on any atom is -0.369 e. The maximum absolute atomic E-state index is 13.1. The molecule has 22 heavy (non-hydrogen) atoms. The first kappa shape index (κ1) is 16.2. The van der Waals surface area contributed by atoms with E-state index in [4.69, 9.17) is 4.74 Å². The number of hydrogen-bond donors (Lipinski definition) is 0. The topological polar surface area (TPSA) is 26.3 Å². The van der Waals surface area contributed by atoms with Crippen LogP contribution in [0.5, 0.6) is 0 Å². The SMILES string of the molecule is O=C(COCc1ccccc1)c1ccc(F)c(C(F)(F)F)c1. The van der Waals surface area contributed by atoms with Gasteiger partial charge in [-0.2, -0.15) is 13.2 Å². The van der Waals surface area contributed by atoms with E-state index < -0.39 is 23.3 Å². The molecule has 0 saturated heterocycles. The third kappa shape index (κ3) is 4.14. The molecule has 0 saturated carbocycles. The lowest BCUT2D eigenvalue weighted by Gasteiger charge is -2.10. The zero-order valence-electron chi connectivity index (χ0n) is 11.4. The van der Waals surface area contributed by atoms with Crippen molar-refractivity contribution >= 4 is 5.78 Å². The minimum atomic E-state index is -4.84. The molecule has 0 fully saturated rings. The van der Waals surface area contributed by atoms with Crippen LogP contribution in [0.1, 0.15) is 21.5 Å². The van der Waals surface area contributed by atoms with E-state index in [1.807, 2.05) is 6.07 Å². The Hall–Kier alpha value is -2.21. The van der Waals surface area contributed by atoms with E-state index in [9.17, 15) is 22.4 Å². The summed E-state index contributed by atoms with van der Waals surface area (Å²) in [6.07, 6.45) is -4.84. The van der Waals surface area contributed by atoms with Crippen LogP contribution in [0.4, 0.5) is 17.6 Å². The molecule has 0 unspecified atom stereocenters. The fourth-order valence-corrected chi connectivity index (χ4v) is 1.84. The molecule has 0 aliphatic rings. The average molecular weight is 312 g/mol. The Labute approximate surface area is 124 Å². The summed E-state index contributed by atoms with van der Waals surface area (Å²) in [5.74, 6) is -2.05. The van der Waals surface area contributed by atoms with Crippen molar-refractivity contribution < 1.29 is 27.1 Å². The monoisotopic (exact) mass is 312 g/mol. The van der Waals surface area contributed by atoms with E-state index in [1.54, 1.807) is 24.3 Å². The van der Waals surface area contributed by atoms with Gasteiger partial charge in [0.25, 0.3) is 0 Å². The first-order valence-electron chi connectivity index (χ1n) is 6.39. The van der Waals surface area contributed by atoms with Crippen LogP contribution in [-0.4, -0.2) is 12.4 Å². The number of ether oxygens (including phenoxy) is 1. The van der Waals surface area contributed by atoms with Crippen molar-refractivity contribution in [2.75, 3.05) is 6.61 Å². The van der Waals surface area contributed by atoms with Crippen molar-refractivity contribution in [1.29, 1.82) is 0 Å². The van der Waals surface area contributed by atoms with Gasteiger partial charge in [-0.3, -0.25) is 4.79 Å². The summed E-state index contributed by atoms with van der Waals surface area (Å²) in [6.45, 7) is -0.211. The van der Waals surface area contributed by atoms with E-state index in [0.717, 1.165) is 11.6 Å². The normalized spacial score (nSPS) is 11.5. The highest BCUT2D eigenvalue weighted by Gasteiger charge is 2.34. The molecule has 2 aromatic rings. The molecule has 0 spiro atoms. The molecule has 0 radical (unpaired) electrons. The van der Waals surface area contributed by atoms with Gasteiger partial charge >= 0.3 is 6.18 Å². The third-order valence-corrected chi connectivity index (χ3v) is 2.94. The number of carbonyl (C=O) groups is 1. The first-order valence-corrected chi connectivity index (χ1v) is 6.39. The molecule has 2 nitrogen and oxygen atoms in total. The van der Waals surface area contributed by atoms with E-state index >= 15 is 0 Å². The van der Waals surface area contributed by atoms with E-state index in [0.29, 0.717) is 12.1 Å². The maximum Gasteiger partial charge on any atom is 0.419 e. The number of hydrogen-bond acceptors (Lipinski definition) is 2. The molecule has 2 rings (SSSR count). The fourth-order valence-electron chi connectivity index (χ4n) is 1.84. The number of ketones is 1. The molecule has 6 heteroatoms. The van der Waals surface area contributed by atoms with Gasteiger partial charge < -0.3 is 4.74 Å². The summed E-state index contributed by atoms with van der Waals surface area (Å²) in [5, 5.41) is 0. The second-order valence-corrected chi connectivity index (χ2v) is 4.59. The van der Waals surface area contributed by atoms with E-state index in [1.165, 1.54) is 0 Å². The largest absolute Gasteiger partial charge is 0.419 e. The number of carbonyl (C=O) groups excluding carboxylic acids is 1. The predicted molar refractivity (Wildman–Crippen MR) is 71.8 cm³/mol. The van der Waals surface area contributed by atoms with Crippen molar-refractivity contribution in [1.82, 2.24) is 0 Å². The van der Waals surface area contributed by atoms with Gasteiger partial charge in [-0.15, -0.1) is 0 Å². The molecule has 0 aliphatic heterocycles. The van der Waals surface area contributed by atoms with Crippen LogP contribution in [0.25, 0.3) is 0 Å². The molecule has 0 atom stereocenters. The average Bonchev–Trinajstić information content (AvgIpc) is 2.47. The fraction of sp³-hybridized carbons (Fsp3) is 0.188. The summed E-state index contributed by atoms with van der Waals surface area (Å²) in [5.41, 5.74) is -0.853. The van der Waals surface area contributed by atoms with Gasteiger partial charge in [0.1, 0.15) is 12.4 Å². The zero-order valence-corrected chi connectivity index (χ0v) is 11.4. The smallest absolute Gasteiger partial charge is 0.369 e. The quantitative estimate of drug-likeness (QED) is 0.609. The van der Waals surface area contributed by atoms with E-state index in [-0.39, 0.29) is 18.8 Å². The lowest BCUT2D eigenvalue weighted by atomic mass is 10.1. The van der Waals surface area contributed by atoms with E-state index in [2.05, 4.69) is 0 Å². The number of halogens is 4. The number of rotatable bonds is 5. The van der Waals surface area contributed by atoms with Gasteiger partial charge in [-0.1, -0.05) is 30.3 Å². The molecule has 0 bridgehead atoms. The lowest BCUT2D eigenvalue weighted by Crippen LogP contribution is -2.13. The number of benzene rings is 2. The molecule has 0 heterocycles. The Balaban J connectivity index is 2.01. The Morgan fingerprint density at radius 1 is 1.05 bits per heavy atom. The molecule has 0 amide bonds. The zero-order chi connectivity index (χ0) is 16.2. The number of Topliss-reactive ketones (excluding diaryl/α,β-unsaturated/α-hetero) is 1. The summed E-state index contributed by atoms with van der Waals surface area (Å²) in [4.78, 5) is 11.8. The van der Waals surface area contributed by atoms with Gasteiger partial charge in [-0.05, 0) is 23.8 Å². The molecular weight excluding hydrogens is 300 g/mol. The highest BCUT2D eigenvalue weighted by atomic mass is 19.4. The summed E-state index contributed by atoms with van der Waals surface area (Å²) < 4.78 is 56.1. The van der Waals surface area contributed by atoms with Gasteiger partial charge in [-0.25, -0.2) is 4.39 Å². The third-order valence-electron chi connectivity index (χ3n) is 2.94. The number of alkyl halides is 3. The van der Waals surface area contributed by atoms with Crippen LogP contribution >= 0.6 is 0 Å². The van der Waals surface area contributed by atoms with Gasteiger partial charge in [0, 0.05) is 5.56 Å².